The standard InChI is InChI=1S/C14H16N2/c1-3-7-12(2)16-14(11-15)10-13-8-5-4-6-9-13/h3-9,14,16H,2,10H2,1H3/b7-3+. The molecule has 2 nitrogen and oxygen atoms in total. The molecule has 0 bridgehead atoms. The van der Waals surface area contributed by atoms with Crippen molar-refractivity contribution in [2.75, 3.05) is 0 Å². The Balaban J connectivity index is 2.57. The number of nitriles is 1. The summed E-state index contributed by atoms with van der Waals surface area (Å²) < 4.78 is 0. The largest absolute Gasteiger partial charge is 0.370 e. The fourth-order valence-electron chi connectivity index (χ4n) is 1.45. The molecule has 1 aromatic carbocycles. The third kappa shape index (κ3) is 4.02. The molecule has 1 unspecified atom stereocenters. The van der Waals surface area contributed by atoms with E-state index in [1.54, 1.807) is 0 Å². The van der Waals surface area contributed by atoms with E-state index in [1.807, 2.05) is 49.4 Å². The van der Waals surface area contributed by atoms with E-state index in [0.29, 0.717) is 6.42 Å². The number of hydrogen-bond donors (Lipinski definition) is 1. The molecule has 0 spiro atoms. The van der Waals surface area contributed by atoms with Gasteiger partial charge in [-0.05, 0) is 18.6 Å². The Kier molecular flexibility index (Phi) is 4.88. The summed E-state index contributed by atoms with van der Waals surface area (Å²) in [7, 11) is 0. The van der Waals surface area contributed by atoms with Gasteiger partial charge in [0.1, 0.15) is 6.04 Å². The fourth-order valence-corrected chi connectivity index (χ4v) is 1.45. The molecule has 1 N–H and O–H groups in total. The molecule has 1 rings (SSSR count). The molecule has 2 heteroatoms. The Hall–Kier alpha value is -2.01. The highest BCUT2D eigenvalue weighted by Gasteiger charge is 2.07. The molecule has 0 saturated carbocycles. The van der Waals surface area contributed by atoms with Gasteiger partial charge in [-0.2, -0.15) is 5.26 Å². The number of rotatable bonds is 5. The van der Waals surface area contributed by atoms with Crippen LogP contribution in [0.5, 0.6) is 0 Å². The third-order valence-electron chi connectivity index (χ3n) is 2.17. The molecule has 0 aliphatic carbocycles. The van der Waals surface area contributed by atoms with Crippen molar-refractivity contribution in [2.24, 2.45) is 0 Å². The first-order chi connectivity index (χ1) is 7.76. The van der Waals surface area contributed by atoms with Crippen molar-refractivity contribution in [3.05, 3.63) is 60.3 Å². The number of nitrogens with zero attached hydrogens (tertiary/aromatic N) is 1. The van der Waals surface area contributed by atoms with E-state index in [0.717, 1.165) is 11.3 Å². The molecule has 0 radical (unpaired) electrons. The van der Waals surface area contributed by atoms with Crippen LogP contribution in [0.2, 0.25) is 0 Å². The third-order valence-corrected chi connectivity index (χ3v) is 2.17. The maximum atomic E-state index is 9.03. The van der Waals surface area contributed by atoms with Crippen molar-refractivity contribution >= 4 is 0 Å². The molecule has 0 aromatic heterocycles. The van der Waals surface area contributed by atoms with Gasteiger partial charge in [-0.15, -0.1) is 0 Å². The van der Waals surface area contributed by atoms with E-state index in [-0.39, 0.29) is 6.04 Å². The van der Waals surface area contributed by atoms with Crippen LogP contribution in [-0.4, -0.2) is 6.04 Å². The van der Waals surface area contributed by atoms with Crippen molar-refractivity contribution in [3.8, 4) is 6.07 Å². The fraction of sp³-hybridized carbons (Fsp3) is 0.214. The number of benzene rings is 1. The quantitative estimate of drug-likeness (QED) is 0.762. The highest BCUT2D eigenvalue weighted by molar-refractivity contribution is 5.20. The van der Waals surface area contributed by atoms with Crippen LogP contribution >= 0.6 is 0 Å². The molecular formula is C14H16N2. The van der Waals surface area contributed by atoms with Gasteiger partial charge in [0.2, 0.25) is 0 Å². The van der Waals surface area contributed by atoms with Gasteiger partial charge in [0, 0.05) is 12.1 Å². The summed E-state index contributed by atoms with van der Waals surface area (Å²) in [5.74, 6) is 0. The van der Waals surface area contributed by atoms with E-state index < -0.39 is 0 Å². The number of allylic oxidation sites excluding steroid dienone is 2. The van der Waals surface area contributed by atoms with Gasteiger partial charge in [-0.1, -0.05) is 43.0 Å². The summed E-state index contributed by atoms with van der Waals surface area (Å²) in [6.07, 6.45) is 4.44. The summed E-state index contributed by atoms with van der Waals surface area (Å²) in [6.45, 7) is 5.75. The van der Waals surface area contributed by atoms with Gasteiger partial charge in [0.15, 0.2) is 0 Å². The van der Waals surface area contributed by atoms with Gasteiger partial charge in [-0.25, -0.2) is 0 Å². The van der Waals surface area contributed by atoms with Crippen molar-refractivity contribution < 1.29 is 0 Å². The van der Waals surface area contributed by atoms with Crippen LogP contribution in [-0.2, 0) is 6.42 Å². The topological polar surface area (TPSA) is 35.8 Å². The zero-order valence-corrected chi connectivity index (χ0v) is 9.48. The molecule has 0 saturated heterocycles. The molecular weight excluding hydrogens is 196 g/mol. The van der Waals surface area contributed by atoms with Crippen LogP contribution in [0.4, 0.5) is 0 Å². The maximum Gasteiger partial charge on any atom is 0.118 e. The lowest BCUT2D eigenvalue weighted by Gasteiger charge is -2.12. The predicted octanol–water partition coefficient (Wildman–Crippen LogP) is 2.80. The van der Waals surface area contributed by atoms with Crippen molar-refractivity contribution in [1.82, 2.24) is 5.32 Å². The molecule has 1 atom stereocenters. The molecule has 0 aliphatic rings. The SMILES string of the molecule is C=C(/C=C/C)NC(C#N)Cc1ccccc1. The van der Waals surface area contributed by atoms with Crippen LogP contribution in [0.25, 0.3) is 0 Å². The Bertz CT molecular complexity index is 398. The van der Waals surface area contributed by atoms with Gasteiger partial charge < -0.3 is 5.32 Å². The zero-order valence-electron chi connectivity index (χ0n) is 9.48. The van der Waals surface area contributed by atoms with Gasteiger partial charge in [0.05, 0.1) is 6.07 Å². The average molecular weight is 212 g/mol. The Morgan fingerprint density at radius 1 is 1.50 bits per heavy atom. The van der Waals surface area contributed by atoms with Crippen molar-refractivity contribution in [1.29, 1.82) is 5.26 Å². The molecule has 1 aromatic rings. The first-order valence-corrected chi connectivity index (χ1v) is 5.28. The summed E-state index contributed by atoms with van der Waals surface area (Å²) >= 11 is 0. The first kappa shape index (κ1) is 12.1. The summed E-state index contributed by atoms with van der Waals surface area (Å²) in [5.41, 5.74) is 1.92. The molecule has 0 amide bonds. The highest BCUT2D eigenvalue weighted by atomic mass is 14.9. The molecule has 0 heterocycles. The second kappa shape index (κ2) is 6.47. The first-order valence-electron chi connectivity index (χ1n) is 5.28. The van der Waals surface area contributed by atoms with Gasteiger partial charge in [-0.3, -0.25) is 0 Å². The van der Waals surface area contributed by atoms with Crippen LogP contribution in [0.3, 0.4) is 0 Å². The van der Waals surface area contributed by atoms with Crippen LogP contribution < -0.4 is 5.32 Å². The van der Waals surface area contributed by atoms with Crippen LogP contribution in [0.1, 0.15) is 12.5 Å². The zero-order chi connectivity index (χ0) is 11.8. The minimum absolute atomic E-state index is 0.230. The number of nitrogens with one attached hydrogen (secondary N) is 1. The minimum atomic E-state index is -0.230. The molecule has 82 valence electrons. The summed E-state index contributed by atoms with van der Waals surface area (Å²) in [5, 5.41) is 12.1. The Morgan fingerprint density at radius 2 is 2.19 bits per heavy atom. The number of hydrogen-bond acceptors (Lipinski definition) is 2. The van der Waals surface area contributed by atoms with E-state index in [9.17, 15) is 0 Å². The lowest BCUT2D eigenvalue weighted by molar-refractivity contribution is 0.689. The van der Waals surface area contributed by atoms with Crippen molar-refractivity contribution in [3.63, 3.8) is 0 Å². The van der Waals surface area contributed by atoms with E-state index in [2.05, 4.69) is 18.0 Å². The molecule has 16 heavy (non-hydrogen) atoms. The maximum absolute atomic E-state index is 9.03. The lowest BCUT2D eigenvalue weighted by Crippen LogP contribution is -2.27. The highest BCUT2D eigenvalue weighted by Crippen LogP contribution is 2.04. The van der Waals surface area contributed by atoms with E-state index >= 15 is 0 Å². The van der Waals surface area contributed by atoms with Gasteiger partial charge >= 0.3 is 0 Å². The summed E-state index contributed by atoms with van der Waals surface area (Å²) in [6, 6.07) is 12.0. The molecule has 0 fully saturated rings. The Labute approximate surface area is 96.9 Å². The van der Waals surface area contributed by atoms with Gasteiger partial charge in [0.25, 0.3) is 0 Å². The Morgan fingerprint density at radius 3 is 2.75 bits per heavy atom. The second-order valence-electron chi connectivity index (χ2n) is 3.54. The average Bonchev–Trinajstić information content (AvgIpc) is 2.30. The smallest absolute Gasteiger partial charge is 0.118 e. The van der Waals surface area contributed by atoms with E-state index in [1.165, 1.54) is 0 Å². The lowest BCUT2D eigenvalue weighted by atomic mass is 10.1. The predicted molar refractivity (Wildman–Crippen MR) is 66.6 cm³/mol. The van der Waals surface area contributed by atoms with E-state index in [4.69, 9.17) is 5.26 Å². The van der Waals surface area contributed by atoms with Crippen LogP contribution in [0, 0.1) is 11.3 Å². The minimum Gasteiger partial charge on any atom is -0.370 e. The normalized spacial score (nSPS) is 12.0. The molecule has 0 aliphatic heterocycles. The second-order valence-corrected chi connectivity index (χ2v) is 3.54. The van der Waals surface area contributed by atoms with Crippen molar-refractivity contribution in [2.45, 2.75) is 19.4 Å². The van der Waals surface area contributed by atoms with Crippen LogP contribution in [0.15, 0.2) is 54.8 Å². The monoisotopic (exact) mass is 212 g/mol. The summed E-state index contributed by atoms with van der Waals surface area (Å²) in [4.78, 5) is 0.